The van der Waals surface area contributed by atoms with Crippen LogP contribution in [0.4, 0.5) is 5.69 Å². The Bertz CT molecular complexity index is 1230. The standard InChI is InChI=1S/C22H19NO4/c1-12(2)14-8-9-19-16(10-14)17(11-20(25)26-19)22-21(23-13(3)24)15-6-4-5-7-18(15)27-22/h4-12H,1-3H3,(H,23,24). The minimum Gasteiger partial charge on any atom is -0.454 e. The van der Waals surface area contributed by atoms with Crippen LogP contribution in [0, 0.1) is 0 Å². The minimum atomic E-state index is -0.468. The quantitative estimate of drug-likeness (QED) is 0.503. The second-order valence-electron chi connectivity index (χ2n) is 6.87. The molecule has 0 saturated heterocycles. The highest BCUT2D eigenvalue weighted by molar-refractivity contribution is 6.08. The Labute approximate surface area is 155 Å². The molecule has 0 aliphatic carbocycles. The topological polar surface area (TPSA) is 72.5 Å². The Kier molecular flexibility index (Phi) is 4.07. The summed E-state index contributed by atoms with van der Waals surface area (Å²) in [6.07, 6.45) is 0. The number of hydrogen-bond acceptors (Lipinski definition) is 4. The summed E-state index contributed by atoms with van der Waals surface area (Å²) >= 11 is 0. The van der Waals surface area contributed by atoms with Gasteiger partial charge in [0.25, 0.3) is 0 Å². The molecule has 0 aliphatic heterocycles. The van der Waals surface area contributed by atoms with E-state index in [-0.39, 0.29) is 5.91 Å². The fourth-order valence-electron chi connectivity index (χ4n) is 3.26. The SMILES string of the molecule is CC(=O)Nc1c(-c2cc(=O)oc3ccc(C(C)C)cc23)oc2ccccc12. The van der Waals surface area contributed by atoms with Crippen LogP contribution in [-0.2, 0) is 4.79 Å². The Hall–Kier alpha value is -3.34. The number of para-hydroxylation sites is 1. The lowest BCUT2D eigenvalue weighted by Crippen LogP contribution is -2.07. The maximum atomic E-state index is 12.1. The maximum Gasteiger partial charge on any atom is 0.336 e. The summed E-state index contributed by atoms with van der Waals surface area (Å²) in [5.41, 5.74) is 2.93. The van der Waals surface area contributed by atoms with Crippen molar-refractivity contribution in [2.75, 3.05) is 5.32 Å². The van der Waals surface area contributed by atoms with Crippen LogP contribution in [0.1, 0.15) is 32.3 Å². The molecular weight excluding hydrogens is 342 g/mol. The maximum absolute atomic E-state index is 12.1. The molecule has 1 N–H and O–H groups in total. The van der Waals surface area contributed by atoms with E-state index in [9.17, 15) is 9.59 Å². The van der Waals surface area contributed by atoms with Gasteiger partial charge in [-0.15, -0.1) is 0 Å². The number of carbonyl (C=O) groups is 1. The summed E-state index contributed by atoms with van der Waals surface area (Å²) in [5, 5.41) is 4.40. The predicted molar refractivity (Wildman–Crippen MR) is 106 cm³/mol. The minimum absolute atomic E-state index is 0.210. The Morgan fingerprint density at radius 3 is 2.44 bits per heavy atom. The number of benzene rings is 2. The summed E-state index contributed by atoms with van der Waals surface area (Å²) in [6, 6.07) is 14.6. The monoisotopic (exact) mass is 361 g/mol. The van der Waals surface area contributed by atoms with Gasteiger partial charge >= 0.3 is 5.63 Å². The molecule has 0 fully saturated rings. The molecule has 4 aromatic rings. The molecule has 4 rings (SSSR count). The molecule has 5 nitrogen and oxygen atoms in total. The molecule has 0 saturated carbocycles. The van der Waals surface area contributed by atoms with E-state index >= 15 is 0 Å². The number of hydrogen-bond donors (Lipinski definition) is 1. The highest BCUT2D eigenvalue weighted by Crippen LogP contribution is 2.40. The molecule has 2 aromatic heterocycles. The molecule has 0 atom stereocenters. The van der Waals surface area contributed by atoms with Crippen LogP contribution in [0.15, 0.2) is 62.2 Å². The van der Waals surface area contributed by atoms with E-state index in [0.717, 1.165) is 16.3 Å². The van der Waals surface area contributed by atoms with Gasteiger partial charge in [0.1, 0.15) is 11.2 Å². The van der Waals surface area contributed by atoms with Crippen molar-refractivity contribution in [2.24, 2.45) is 0 Å². The Morgan fingerprint density at radius 1 is 0.963 bits per heavy atom. The highest BCUT2D eigenvalue weighted by Gasteiger charge is 2.20. The van der Waals surface area contributed by atoms with Gasteiger partial charge in [-0.1, -0.05) is 32.0 Å². The van der Waals surface area contributed by atoms with Crippen molar-refractivity contribution in [3.8, 4) is 11.3 Å². The fraction of sp³-hybridized carbons (Fsp3) is 0.182. The van der Waals surface area contributed by atoms with Crippen molar-refractivity contribution in [1.82, 2.24) is 0 Å². The molecular formula is C22H19NO4. The molecule has 2 heterocycles. The normalized spacial score (nSPS) is 11.4. The summed E-state index contributed by atoms with van der Waals surface area (Å²) in [7, 11) is 0. The number of nitrogens with one attached hydrogen (secondary N) is 1. The van der Waals surface area contributed by atoms with Crippen LogP contribution < -0.4 is 10.9 Å². The fourth-order valence-corrected chi connectivity index (χ4v) is 3.26. The van der Waals surface area contributed by atoms with Crippen molar-refractivity contribution in [3.63, 3.8) is 0 Å². The van der Waals surface area contributed by atoms with Gasteiger partial charge in [-0.05, 0) is 35.7 Å². The number of fused-ring (bicyclic) bond motifs is 2. The number of amides is 1. The summed E-state index contributed by atoms with van der Waals surface area (Å²) < 4.78 is 11.4. The average molecular weight is 361 g/mol. The molecule has 0 unspecified atom stereocenters. The Morgan fingerprint density at radius 2 is 1.70 bits per heavy atom. The van der Waals surface area contributed by atoms with E-state index in [1.807, 2.05) is 36.4 Å². The van der Waals surface area contributed by atoms with Gasteiger partial charge in [0.15, 0.2) is 5.76 Å². The molecule has 1 amide bonds. The summed E-state index contributed by atoms with van der Waals surface area (Å²) in [5.74, 6) is 0.558. The zero-order valence-corrected chi connectivity index (χ0v) is 15.3. The first-order valence-electron chi connectivity index (χ1n) is 8.81. The summed E-state index contributed by atoms with van der Waals surface area (Å²) in [4.78, 5) is 23.9. The largest absolute Gasteiger partial charge is 0.454 e. The van der Waals surface area contributed by atoms with E-state index in [1.54, 1.807) is 6.07 Å². The van der Waals surface area contributed by atoms with Crippen LogP contribution in [0.2, 0.25) is 0 Å². The lowest BCUT2D eigenvalue weighted by molar-refractivity contribution is -0.114. The van der Waals surface area contributed by atoms with Gasteiger partial charge in [0.2, 0.25) is 5.91 Å². The smallest absolute Gasteiger partial charge is 0.336 e. The first-order valence-corrected chi connectivity index (χ1v) is 8.81. The number of furan rings is 1. The van der Waals surface area contributed by atoms with Gasteiger partial charge < -0.3 is 14.2 Å². The van der Waals surface area contributed by atoms with Crippen molar-refractivity contribution in [1.29, 1.82) is 0 Å². The number of rotatable bonds is 3. The second kappa shape index (κ2) is 6.43. The molecule has 0 aliphatic rings. The predicted octanol–water partition coefficient (Wildman–Crippen LogP) is 5.29. The molecule has 136 valence electrons. The second-order valence-corrected chi connectivity index (χ2v) is 6.87. The third-order valence-electron chi connectivity index (χ3n) is 4.57. The zero-order valence-electron chi connectivity index (χ0n) is 15.3. The van der Waals surface area contributed by atoms with Crippen molar-refractivity contribution < 1.29 is 13.6 Å². The molecule has 0 bridgehead atoms. The zero-order chi connectivity index (χ0) is 19.1. The van der Waals surface area contributed by atoms with Crippen molar-refractivity contribution >= 4 is 33.5 Å². The van der Waals surface area contributed by atoms with Crippen LogP contribution in [0.25, 0.3) is 33.3 Å². The van der Waals surface area contributed by atoms with Crippen LogP contribution >= 0.6 is 0 Å². The van der Waals surface area contributed by atoms with Gasteiger partial charge in [-0.2, -0.15) is 0 Å². The van der Waals surface area contributed by atoms with Gasteiger partial charge in [0, 0.05) is 29.3 Å². The van der Waals surface area contributed by atoms with Crippen LogP contribution in [-0.4, -0.2) is 5.91 Å². The van der Waals surface area contributed by atoms with Crippen LogP contribution in [0.5, 0.6) is 0 Å². The third-order valence-corrected chi connectivity index (χ3v) is 4.57. The van der Waals surface area contributed by atoms with Gasteiger partial charge in [-0.25, -0.2) is 4.79 Å². The van der Waals surface area contributed by atoms with Gasteiger partial charge in [0.05, 0.1) is 5.69 Å². The van der Waals surface area contributed by atoms with E-state index in [1.165, 1.54) is 13.0 Å². The molecule has 0 radical (unpaired) electrons. The summed E-state index contributed by atoms with van der Waals surface area (Å²) in [6.45, 7) is 5.65. The van der Waals surface area contributed by atoms with E-state index in [4.69, 9.17) is 8.83 Å². The van der Waals surface area contributed by atoms with E-state index < -0.39 is 5.63 Å². The van der Waals surface area contributed by atoms with E-state index in [0.29, 0.717) is 34.1 Å². The molecule has 5 heteroatoms. The average Bonchev–Trinajstić information content (AvgIpc) is 2.98. The lowest BCUT2D eigenvalue weighted by atomic mass is 9.98. The number of carbonyl (C=O) groups excluding carboxylic acids is 1. The Balaban J connectivity index is 2.08. The van der Waals surface area contributed by atoms with E-state index in [2.05, 4.69) is 19.2 Å². The first-order chi connectivity index (χ1) is 12.9. The number of anilines is 1. The first kappa shape index (κ1) is 17.1. The third kappa shape index (κ3) is 3.01. The molecule has 0 spiro atoms. The molecule has 2 aromatic carbocycles. The highest BCUT2D eigenvalue weighted by atomic mass is 16.4. The molecule has 27 heavy (non-hydrogen) atoms. The van der Waals surface area contributed by atoms with Crippen molar-refractivity contribution in [3.05, 3.63) is 64.5 Å². The lowest BCUT2D eigenvalue weighted by Gasteiger charge is -2.10. The van der Waals surface area contributed by atoms with Crippen LogP contribution in [0.3, 0.4) is 0 Å². The van der Waals surface area contributed by atoms with Gasteiger partial charge in [-0.3, -0.25) is 4.79 Å². The van der Waals surface area contributed by atoms with Crippen molar-refractivity contribution in [2.45, 2.75) is 26.7 Å².